The summed E-state index contributed by atoms with van der Waals surface area (Å²) in [7, 11) is 3.81. The Bertz CT molecular complexity index is 721. The quantitative estimate of drug-likeness (QED) is 0.777. The van der Waals surface area contributed by atoms with Gasteiger partial charge in [-0.15, -0.1) is 0 Å². The molecule has 130 valence electrons. The van der Waals surface area contributed by atoms with Crippen molar-refractivity contribution in [3.63, 3.8) is 0 Å². The van der Waals surface area contributed by atoms with E-state index in [2.05, 4.69) is 5.32 Å². The number of carbonyl (C=O) groups excluding carboxylic acids is 1. The number of rotatable bonds is 8. The van der Waals surface area contributed by atoms with Crippen LogP contribution in [0.1, 0.15) is 42.3 Å². The van der Waals surface area contributed by atoms with E-state index in [1.165, 1.54) is 0 Å². The SMILES string of the molecule is CCCC[C@H](NC(=O)c1oc2ccccc2c1CN(C)C)C(=O)O. The van der Waals surface area contributed by atoms with Crippen LogP contribution in [0.15, 0.2) is 28.7 Å². The van der Waals surface area contributed by atoms with Crippen LogP contribution in [0.3, 0.4) is 0 Å². The molecule has 0 aliphatic heterocycles. The standard InChI is InChI=1S/C18H24N2O4/c1-4-5-9-14(18(22)23)19-17(21)16-13(11-20(2)3)12-8-6-7-10-15(12)24-16/h6-8,10,14H,4-5,9,11H2,1-3H3,(H,19,21)(H,22,23)/t14-/m0/s1. The Morgan fingerprint density at radius 3 is 2.62 bits per heavy atom. The molecule has 0 aliphatic carbocycles. The van der Waals surface area contributed by atoms with Crippen molar-refractivity contribution < 1.29 is 19.1 Å². The molecule has 1 atom stereocenters. The summed E-state index contributed by atoms with van der Waals surface area (Å²) >= 11 is 0. The number of hydrogen-bond acceptors (Lipinski definition) is 4. The van der Waals surface area contributed by atoms with Gasteiger partial charge in [-0.05, 0) is 26.6 Å². The topological polar surface area (TPSA) is 82.8 Å². The second-order valence-electron chi connectivity index (χ2n) is 6.15. The first-order chi connectivity index (χ1) is 11.4. The Balaban J connectivity index is 2.32. The number of para-hydroxylation sites is 1. The van der Waals surface area contributed by atoms with Gasteiger partial charge in [0, 0.05) is 17.5 Å². The molecule has 0 bridgehead atoms. The van der Waals surface area contributed by atoms with Crippen molar-refractivity contribution in [1.29, 1.82) is 0 Å². The molecular weight excluding hydrogens is 308 g/mol. The summed E-state index contributed by atoms with van der Waals surface area (Å²) in [4.78, 5) is 25.9. The van der Waals surface area contributed by atoms with E-state index >= 15 is 0 Å². The molecule has 0 radical (unpaired) electrons. The highest BCUT2D eigenvalue weighted by atomic mass is 16.4. The van der Waals surface area contributed by atoms with Gasteiger partial charge in [0.2, 0.25) is 0 Å². The third-order valence-electron chi connectivity index (χ3n) is 3.83. The van der Waals surface area contributed by atoms with Crippen LogP contribution >= 0.6 is 0 Å². The van der Waals surface area contributed by atoms with Crippen LogP contribution < -0.4 is 5.32 Å². The van der Waals surface area contributed by atoms with Crippen molar-refractivity contribution in [1.82, 2.24) is 10.2 Å². The minimum atomic E-state index is -1.03. The number of nitrogens with zero attached hydrogens (tertiary/aromatic N) is 1. The van der Waals surface area contributed by atoms with Crippen LogP contribution in [0, 0.1) is 0 Å². The first-order valence-electron chi connectivity index (χ1n) is 8.12. The van der Waals surface area contributed by atoms with E-state index in [-0.39, 0.29) is 5.76 Å². The van der Waals surface area contributed by atoms with Crippen molar-refractivity contribution in [2.45, 2.75) is 38.8 Å². The molecule has 1 aromatic carbocycles. The van der Waals surface area contributed by atoms with E-state index in [0.29, 0.717) is 18.5 Å². The van der Waals surface area contributed by atoms with E-state index in [9.17, 15) is 14.7 Å². The molecule has 0 aliphatic rings. The summed E-state index contributed by atoms with van der Waals surface area (Å²) in [6, 6.07) is 6.53. The lowest BCUT2D eigenvalue weighted by molar-refractivity contribution is -0.139. The molecule has 2 rings (SSSR count). The van der Waals surface area contributed by atoms with Crippen LogP contribution in [-0.4, -0.2) is 42.0 Å². The zero-order chi connectivity index (χ0) is 17.7. The average Bonchev–Trinajstić information content (AvgIpc) is 2.89. The molecule has 24 heavy (non-hydrogen) atoms. The van der Waals surface area contributed by atoms with E-state index in [0.717, 1.165) is 23.8 Å². The zero-order valence-electron chi connectivity index (χ0n) is 14.3. The monoisotopic (exact) mass is 332 g/mol. The summed E-state index contributed by atoms with van der Waals surface area (Å²) in [5.41, 5.74) is 1.40. The minimum Gasteiger partial charge on any atom is -0.480 e. The third-order valence-corrected chi connectivity index (χ3v) is 3.83. The molecule has 1 aromatic heterocycles. The van der Waals surface area contributed by atoms with Gasteiger partial charge >= 0.3 is 5.97 Å². The molecule has 0 spiro atoms. The molecule has 0 saturated carbocycles. The number of aliphatic carboxylic acids is 1. The molecule has 2 N–H and O–H groups in total. The van der Waals surface area contributed by atoms with Crippen LogP contribution in [0.25, 0.3) is 11.0 Å². The van der Waals surface area contributed by atoms with Crippen LogP contribution in [0.4, 0.5) is 0 Å². The molecular formula is C18H24N2O4. The lowest BCUT2D eigenvalue weighted by atomic mass is 10.1. The number of benzene rings is 1. The number of unbranched alkanes of at least 4 members (excludes halogenated alkanes) is 1. The fourth-order valence-corrected chi connectivity index (χ4v) is 2.64. The first kappa shape index (κ1) is 18.0. The van der Waals surface area contributed by atoms with E-state index in [4.69, 9.17) is 4.42 Å². The Hall–Kier alpha value is -2.34. The molecule has 1 heterocycles. The fourth-order valence-electron chi connectivity index (χ4n) is 2.64. The number of carboxylic acid groups (broad SMARTS) is 1. The average molecular weight is 332 g/mol. The number of fused-ring (bicyclic) bond motifs is 1. The van der Waals surface area contributed by atoms with Crippen molar-refractivity contribution in [2.75, 3.05) is 14.1 Å². The predicted molar refractivity (Wildman–Crippen MR) is 92.0 cm³/mol. The number of carbonyl (C=O) groups is 2. The number of amides is 1. The van der Waals surface area contributed by atoms with E-state index in [1.807, 2.05) is 44.1 Å². The predicted octanol–water partition coefficient (Wildman–Crippen LogP) is 2.87. The van der Waals surface area contributed by atoms with Gasteiger partial charge in [-0.1, -0.05) is 38.0 Å². The Labute approximate surface area is 141 Å². The fraction of sp³-hybridized carbons (Fsp3) is 0.444. The van der Waals surface area contributed by atoms with E-state index in [1.54, 1.807) is 6.07 Å². The zero-order valence-corrected chi connectivity index (χ0v) is 14.3. The lowest BCUT2D eigenvalue weighted by Gasteiger charge is -2.14. The highest BCUT2D eigenvalue weighted by molar-refractivity contribution is 6.00. The largest absolute Gasteiger partial charge is 0.480 e. The van der Waals surface area contributed by atoms with Crippen LogP contribution in [-0.2, 0) is 11.3 Å². The smallest absolute Gasteiger partial charge is 0.326 e. The maximum absolute atomic E-state index is 12.6. The van der Waals surface area contributed by atoms with Gasteiger partial charge in [0.1, 0.15) is 11.6 Å². The number of hydrogen-bond donors (Lipinski definition) is 2. The number of nitrogens with one attached hydrogen (secondary N) is 1. The van der Waals surface area contributed by atoms with E-state index < -0.39 is 17.9 Å². The summed E-state index contributed by atoms with van der Waals surface area (Å²) in [5, 5.41) is 12.8. The molecule has 6 nitrogen and oxygen atoms in total. The molecule has 0 unspecified atom stereocenters. The Kier molecular flexibility index (Phi) is 5.98. The normalized spacial score (nSPS) is 12.5. The lowest BCUT2D eigenvalue weighted by Crippen LogP contribution is -2.41. The first-order valence-corrected chi connectivity index (χ1v) is 8.12. The molecule has 1 amide bonds. The van der Waals surface area contributed by atoms with Crippen LogP contribution in [0.5, 0.6) is 0 Å². The second-order valence-corrected chi connectivity index (χ2v) is 6.15. The van der Waals surface area contributed by atoms with Crippen molar-refractivity contribution >= 4 is 22.8 Å². The van der Waals surface area contributed by atoms with Gasteiger partial charge in [-0.2, -0.15) is 0 Å². The minimum absolute atomic E-state index is 0.188. The third kappa shape index (κ3) is 4.14. The Morgan fingerprint density at radius 1 is 1.29 bits per heavy atom. The van der Waals surface area contributed by atoms with Gasteiger partial charge in [0.15, 0.2) is 5.76 Å². The molecule has 2 aromatic rings. The molecule has 0 fully saturated rings. The van der Waals surface area contributed by atoms with Crippen molar-refractivity contribution in [3.8, 4) is 0 Å². The van der Waals surface area contributed by atoms with Gasteiger partial charge in [-0.3, -0.25) is 4.79 Å². The summed E-state index contributed by atoms with van der Waals surface area (Å²) in [6.45, 7) is 2.52. The summed E-state index contributed by atoms with van der Waals surface area (Å²) in [6.07, 6.45) is 2.01. The number of carboxylic acids is 1. The highest BCUT2D eigenvalue weighted by Crippen LogP contribution is 2.27. The summed E-state index contributed by atoms with van der Waals surface area (Å²) < 4.78 is 5.72. The Morgan fingerprint density at radius 2 is 2.00 bits per heavy atom. The van der Waals surface area contributed by atoms with Gasteiger partial charge in [-0.25, -0.2) is 4.79 Å². The van der Waals surface area contributed by atoms with Gasteiger partial charge < -0.3 is 19.7 Å². The maximum atomic E-state index is 12.6. The maximum Gasteiger partial charge on any atom is 0.326 e. The summed E-state index contributed by atoms with van der Waals surface area (Å²) in [5.74, 6) is -1.32. The van der Waals surface area contributed by atoms with Crippen LogP contribution in [0.2, 0.25) is 0 Å². The van der Waals surface area contributed by atoms with Crippen molar-refractivity contribution in [2.24, 2.45) is 0 Å². The number of furan rings is 1. The molecule has 6 heteroatoms. The highest BCUT2D eigenvalue weighted by Gasteiger charge is 2.25. The van der Waals surface area contributed by atoms with Crippen molar-refractivity contribution in [3.05, 3.63) is 35.6 Å². The second kappa shape index (κ2) is 7.97. The van der Waals surface area contributed by atoms with Gasteiger partial charge in [0.05, 0.1) is 0 Å². The van der Waals surface area contributed by atoms with Gasteiger partial charge in [0.25, 0.3) is 5.91 Å². The molecule has 0 saturated heterocycles.